The highest BCUT2D eigenvalue weighted by molar-refractivity contribution is 7.16. The molecule has 4 aromatic rings. The summed E-state index contributed by atoms with van der Waals surface area (Å²) < 4.78 is 2.45. The number of benzene rings is 3. The predicted molar refractivity (Wildman–Crippen MR) is 101 cm³/mol. The quantitative estimate of drug-likeness (QED) is 0.604. The van der Waals surface area contributed by atoms with Crippen molar-refractivity contribution < 1.29 is 14.7 Å². The van der Waals surface area contributed by atoms with Crippen LogP contribution in [-0.2, 0) is 11.3 Å². The molecule has 128 valence electrons. The fourth-order valence-electron chi connectivity index (χ4n) is 2.95. The molecule has 1 N–H and O–H groups in total. The number of thiazole rings is 1. The lowest BCUT2D eigenvalue weighted by Gasteiger charge is -2.03. The van der Waals surface area contributed by atoms with Gasteiger partial charge >= 0.3 is 5.97 Å². The largest absolute Gasteiger partial charge is 0.480 e. The fourth-order valence-corrected chi connectivity index (χ4v) is 3.98. The molecule has 26 heavy (non-hydrogen) atoms. The highest BCUT2D eigenvalue weighted by atomic mass is 32.1. The first kappa shape index (κ1) is 16.2. The molecule has 0 aliphatic heterocycles. The Bertz CT molecular complexity index is 1220. The molecular weight excluding hydrogens is 348 g/mol. The zero-order chi connectivity index (χ0) is 18.1. The van der Waals surface area contributed by atoms with Crippen molar-refractivity contribution in [2.75, 3.05) is 0 Å². The minimum Gasteiger partial charge on any atom is -0.480 e. The minimum absolute atomic E-state index is 0.244. The zero-order valence-corrected chi connectivity index (χ0v) is 14.4. The Morgan fingerprint density at radius 1 is 0.962 bits per heavy atom. The lowest BCUT2D eigenvalue weighted by Crippen LogP contribution is -2.21. The van der Waals surface area contributed by atoms with E-state index in [1.54, 1.807) is 10.6 Å². The van der Waals surface area contributed by atoms with E-state index in [2.05, 4.69) is 4.99 Å². The van der Waals surface area contributed by atoms with Gasteiger partial charge in [0.2, 0.25) is 0 Å². The van der Waals surface area contributed by atoms with Gasteiger partial charge in [0.1, 0.15) is 6.54 Å². The highest BCUT2D eigenvalue weighted by Gasteiger charge is 2.12. The molecule has 0 aliphatic carbocycles. The first-order chi connectivity index (χ1) is 12.6. The summed E-state index contributed by atoms with van der Waals surface area (Å²) in [5.41, 5.74) is 1.26. The Morgan fingerprint density at radius 2 is 1.69 bits per heavy atom. The van der Waals surface area contributed by atoms with Gasteiger partial charge in [0.15, 0.2) is 4.80 Å². The second-order valence-electron chi connectivity index (χ2n) is 5.78. The molecule has 0 bridgehead atoms. The Hall–Kier alpha value is -3.25. The summed E-state index contributed by atoms with van der Waals surface area (Å²) in [5.74, 6) is -1.36. The summed E-state index contributed by atoms with van der Waals surface area (Å²) in [6, 6.07) is 20.6. The first-order valence-electron chi connectivity index (χ1n) is 8.00. The molecule has 5 nitrogen and oxygen atoms in total. The number of hydrogen-bond acceptors (Lipinski definition) is 3. The Morgan fingerprint density at radius 3 is 2.54 bits per heavy atom. The van der Waals surface area contributed by atoms with E-state index >= 15 is 0 Å². The molecule has 0 unspecified atom stereocenters. The van der Waals surface area contributed by atoms with Gasteiger partial charge in [0, 0.05) is 5.56 Å². The van der Waals surface area contributed by atoms with E-state index in [1.165, 1.54) is 11.3 Å². The van der Waals surface area contributed by atoms with Crippen molar-refractivity contribution in [1.29, 1.82) is 0 Å². The third-order valence-electron chi connectivity index (χ3n) is 4.10. The van der Waals surface area contributed by atoms with Crippen molar-refractivity contribution in [1.82, 2.24) is 4.57 Å². The van der Waals surface area contributed by atoms with Crippen molar-refractivity contribution in [3.05, 3.63) is 77.1 Å². The molecule has 0 radical (unpaired) electrons. The fraction of sp³-hybridized carbons (Fsp3) is 0.0500. The van der Waals surface area contributed by atoms with E-state index in [1.807, 2.05) is 60.7 Å². The standard InChI is InChI=1S/C20H14N2O3S/c23-18(24)12-22-16-10-3-4-11-17(16)26-20(22)21-19(25)15-9-5-7-13-6-1-2-8-14(13)15/h1-11H,12H2,(H,23,24)/b21-20+. The van der Waals surface area contributed by atoms with Crippen LogP contribution < -0.4 is 4.80 Å². The summed E-state index contributed by atoms with van der Waals surface area (Å²) in [5, 5.41) is 11.0. The maximum Gasteiger partial charge on any atom is 0.323 e. The molecule has 0 fully saturated rings. The third kappa shape index (κ3) is 2.91. The Balaban J connectivity index is 1.90. The average molecular weight is 362 g/mol. The number of aromatic nitrogens is 1. The van der Waals surface area contributed by atoms with Gasteiger partial charge in [-0.15, -0.1) is 0 Å². The van der Waals surface area contributed by atoms with Crippen molar-refractivity contribution in [3.8, 4) is 0 Å². The molecule has 0 spiro atoms. The van der Waals surface area contributed by atoms with Crippen molar-refractivity contribution >= 4 is 44.2 Å². The number of amides is 1. The van der Waals surface area contributed by atoms with Crippen LogP contribution in [0.25, 0.3) is 21.0 Å². The predicted octanol–water partition coefficient (Wildman–Crippen LogP) is 3.68. The van der Waals surface area contributed by atoms with E-state index < -0.39 is 5.97 Å². The molecular formula is C20H14N2O3S. The van der Waals surface area contributed by atoms with E-state index in [-0.39, 0.29) is 12.5 Å². The maximum atomic E-state index is 12.8. The van der Waals surface area contributed by atoms with Crippen LogP contribution in [0.5, 0.6) is 0 Å². The van der Waals surface area contributed by atoms with E-state index in [0.717, 1.165) is 21.0 Å². The number of carbonyl (C=O) groups is 2. The van der Waals surface area contributed by atoms with Crippen molar-refractivity contribution in [3.63, 3.8) is 0 Å². The molecule has 0 atom stereocenters. The second kappa shape index (κ2) is 6.57. The van der Waals surface area contributed by atoms with Crippen LogP contribution in [0.15, 0.2) is 71.7 Å². The molecule has 1 aromatic heterocycles. The second-order valence-corrected chi connectivity index (χ2v) is 6.79. The van der Waals surface area contributed by atoms with Gasteiger partial charge in [-0.05, 0) is 29.0 Å². The highest BCUT2D eigenvalue weighted by Crippen LogP contribution is 2.20. The molecule has 4 rings (SSSR count). The van der Waals surface area contributed by atoms with E-state index in [0.29, 0.717) is 10.4 Å². The van der Waals surface area contributed by atoms with Gasteiger partial charge in [0.25, 0.3) is 5.91 Å². The van der Waals surface area contributed by atoms with Gasteiger partial charge in [-0.2, -0.15) is 4.99 Å². The normalized spacial score (nSPS) is 11.9. The number of nitrogens with zero attached hydrogens (tertiary/aromatic N) is 2. The maximum absolute atomic E-state index is 12.8. The lowest BCUT2D eigenvalue weighted by atomic mass is 10.0. The summed E-state index contributed by atoms with van der Waals surface area (Å²) >= 11 is 1.31. The summed E-state index contributed by atoms with van der Waals surface area (Å²) in [6.45, 7) is -0.244. The van der Waals surface area contributed by atoms with Crippen molar-refractivity contribution in [2.45, 2.75) is 6.54 Å². The summed E-state index contributed by atoms with van der Waals surface area (Å²) in [7, 11) is 0. The smallest absolute Gasteiger partial charge is 0.323 e. The number of para-hydroxylation sites is 1. The lowest BCUT2D eigenvalue weighted by molar-refractivity contribution is -0.137. The molecule has 3 aromatic carbocycles. The summed E-state index contributed by atoms with van der Waals surface area (Å²) in [4.78, 5) is 28.7. The Kier molecular flexibility index (Phi) is 4.10. The van der Waals surface area contributed by atoms with Gasteiger partial charge in [-0.1, -0.05) is 59.9 Å². The molecule has 0 saturated carbocycles. The zero-order valence-electron chi connectivity index (χ0n) is 13.6. The summed E-state index contributed by atoms with van der Waals surface area (Å²) in [6.07, 6.45) is 0. The van der Waals surface area contributed by atoms with Gasteiger partial charge in [0.05, 0.1) is 10.2 Å². The van der Waals surface area contributed by atoms with Crippen LogP contribution in [0, 0.1) is 0 Å². The number of fused-ring (bicyclic) bond motifs is 2. The van der Waals surface area contributed by atoms with Gasteiger partial charge < -0.3 is 9.67 Å². The first-order valence-corrected chi connectivity index (χ1v) is 8.82. The topological polar surface area (TPSA) is 71.7 Å². The average Bonchev–Trinajstić information content (AvgIpc) is 2.98. The molecule has 0 aliphatic rings. The molecule has 6 heteroatoms. The number of carbonyl (C=O) groups excluding carboxylic acids is 1. The number of aliphatic carboxylic acids is 1. The van der Waals surface area contributed by atoms with Crippen LogP contribution in [-0.4, -0.2) is 21.6 Å². The van der Waals surface area contributed by atoms with Crippen LogP contribution in [0.1, 0.15) is 10.4 Å². The SMILES string of the molecule is O=C(O)Cn1/c(=N\C(=O)c2cccc3ccccc23)sc2ccccc21. The van der Waals surface area contributed by atoms with Gasteiger partial charge in [-0.3, -0.25) is 9.59 Å². The molecule has 0 saturated heterocycles. The van der Waals surface area contributed by atoms with Crippen LogP contribution in [0.3, 0.4) is 0 Å². The monoisotopic (exact) mass is 362 g/mol. The number of hydrogen-bond donors (Lipinski definition) is 1. The van der Waals surface area contributed by atoms with Crippen LogP contribution in [0.4, 0.5) is 0 Å². The van der Waals surface area contributed by atoms with E-state index in [9.17, 15) is 14.7 Å². The Labute approximate surface area is 152 Å². The third-order valence-corrected chi connectivity index (χ3v) is 5.16. The minimum atomic E-state index is -0.979. The van der Waals surface area contributed by atoms with Crippen molar-refractivity contribution in [2.24, 2.45) is 4.99 Å². The van der Waals surface area contributed by atoms with Crippen LogP contribution >= 0.6 is 11.3 Å². The number of carboxylic acids is 1. The van der Waals surface area contributed by atoms with Gasteiger partial charge in [-0.25, -0.2) is 0 Å². The van der Waals surface area contributed by atoms with E-state index in [4.69, 9.17) is 0 Å². The number of rotatable bonds is 3. The molecule has 1 amide bonds. The molecule has 1 heterocycles. The number of carboxylic acid groups (broad SMARTS) is 1. The van der Waals surface area contributed by atoms with Crippen LogP contribution in [0.2, 0.25) is 0 Å².